The molecule has 0 amide bonds. The molecule has 3 heterocycles. The summed E-state index contributed by atoms with van der Waals surface area (Å²) in [5.74, 6) is 0.740. The van der Waals surface area contributed by atoms with Crippen LogP contribution in [-0.2, 0) is 0 Å². The highest BCUT2D eigenvalue weighted by atomic mass is 15.0. The molecule has 10 rings (SSSR count). The third-order valence-electron chi connectivity index (χ3n) is 10.8. The second-order valence-electron chi connectivity index (χ2n) is 14.0. The van der Waals surface area contributed by atoms with Gasteiger partial charge in [-0.15, -0.1) is 0 Å². The van der Waals surface area contributed by atoms with E-state index in [9.17, 15) is 0 Å². The first-order valence-electron chi connectivity index (χ1n) is 18.2. The first-order chi connectivity index (χ1) is 26.0. The van der Waals surface area contributed by atoms with Crippen molar-refractivity contribution in [1.29, 1.82) is 0 Å². The summed E-state index contributed by atoms with van der Waals surface area (Å²) in [4.78, 5) is 10.3. The minimum absolute atomic E-state index is 0.740. The van der Waals surface area contributed by atoms with Crippen LogP contribution in [0.1, 0.15) is 16.7 Å². The summed E-state index contributed by atoms with van der Waals surface area (Å²) in [5, 5.41) is 4.99. The highest BCUT2D eigenvalue weighted by Gasteiger charge is 2.18. The Balaban J connectivity index is 1.13. The van der Waals surface area contributed by atoms with Crippen LogP contribution in [0.2, 0.25) is 0 Å². The molecule has 4 heteroatoms. The van der Waals surface area contributed by atoms with Gasteiger partial charge in [0.2, 0.25) is 0 Å². The van der Waals surface area contributed by atoms with E-state index in [-0.39, 0.29) is 0 Å². The molecule has 0 atom stereocenters. The van der Waals surface area contributed by atoms with Gasteiger partial charge in [-0.05, 0) is 92.1 Å². The number of hydrogen-bond donors (Lipinski definition) is 0. The Hall–Kier alpha value is -6.78. The number of hydrogen-bond acceptors (Lipinski definition) is 2. The van der Waals surface area contributed by atoms with Crippen LogP contribution < -0.4 is 0 Å². The zero-order chi connectivity index (χ0) is 35.6. The largest absolute Gasteiger partial charge is 0.309 e. The fraction of sp³-hybridized carbons (Fsp3) is 0.0612. The predicted octanol–water partition coefficient (Wildman–Crippen LogP) is 12.6. The van der Waals surface area contributed by atoms with Gasteiger partial charge in [0.25, 0.3) is 0 Å². The number of nitrogens with zero attached hydrogens (tertiary/aromatic N) is 4. The van der Waals surface area contributed by atoms with Crippen molar-refractivity contribution in [3.8, 4) is 45.3 Å². The van der Waals surface area contributed by atoms with E-state index in [1.807, 2.05) is 0 Å². The third kappa shape index (κ3) is 4.98. The summed E-state index contributed by atoms with van der Waals surface area (Å²) in [7, 11) is 0. The van der Waals surface area contributed by atoms with Crippen molar-refractivity contribution in [3.05, 3.63) is 180 Å². The maximum atomic E-state index is 5.20. The fourth-order valence-electron chi connectivity index (χ4n) is 8.18. The van der Waals surface area contributed by atoms with E-state index in [2.05, 4.69) is 194 Å². The van der Waals surface area contributed by atoms with Gasteiger partial charge in [0.05, 0.1) is 33.5 Å². The molecule has 0 aliphatic heterocycles. The Labute approximate surface area is 308 Å². The van der Waals surface area contributed by atoms with Crippen LogP contribution in [0.4, 0.5) is 0 Å². The Kier molecular flexibility index (Phi) is 7.12. The van der Waals surface area contributed by atoms with E-state index in [1.54, 1.807) is 0 Å². The quantitative estimate of drug-likeness (QED) is 0.181. The van der Waals surface area contributed by atoms with Gasteiger partial charge < -0.3 is 9.13 Å². The molecule has 0 unspecified atom stereocenters. The van der Waals surface area contributed by atoms with Crippen molar-refractivity contribution < 1.29 is 0 Å². The summed E-state index contributed by atoms with van der Waals surface area (Å²) in [6, 6.07) is 58.7. The second kappa shape index (κ2) is 12.2. The normalized spacial score (nSPS) is 11.7. The van der Waals surface area contributed by atoms with Gasteiger partial charge in [0, 0.05) is 49.6 Å². The molecule has 0 N–H and O–H groups in total. The van der Waals surface area contributed by atoms with Gasteiger partial charge >= 0.3 is 0 Å². The van der Waals surface area contributed by atoms with Gasteiger partial charge in [-0.25, -0.2) is 9.97 Å². The molecule has 0 fully saturated rings. The molecule has 7 aromatic carbocycles. The number of rotatable bonds is 5. The van der Waals surface area contributed by atoms with Gasteiger partial charge in [0.15, 0.2) is 5.82 Å². The van der Waals surface area contributed by atoms with Crippen LogP contribution in [0, 0.1) is 20.8 Å². The Morgan fingerprint density at radius 1 is 0.340 bits per heavy atom. The summed E-state index contributed by atoms with van der Waals surface area (Å²) < 4.78 is 4.79. The summed E-state index contributed by atoms with van der Waals surface area (Å²) in [6.07, 6.45) is 0. The number of benzene rings is 7. The molecule has 0 bridgehead atoms. The Bertz CT molecular complexity index is 2930. The van der Waals surface area contributed by atoms with Gasteiger partial charge in [0.1, 0.15) is 0 Å². The maximum Gasteiger partial charge on any atom is 0.160 e. The molecule has 0 saturated carbocycles. The van der Waals surface area contributed by atoms with E-state index in [1.165, 1.54) is 49.2 Å². The molecule has 0 spiro atoms. The SMILES string of the molecule is Cc1ccccc1-c1cc(-c2ccc(-n3c4ccccc4c4cc(-n5c6ccccc6c6ccccc65)ccc43)cc2C)nc(-c2ccccc2C)n1. The molecule has 53 heavy (non-hydrogen) atoms. The Morgan fingerprint density at radius 3 is 1.34 bits per heavy atom. The lowest BCUT2D eigenvalue weighted by molar-refractivity contribution is 1.15. The fourth-order valence-corrected chi connectivity index (χ4v) is 8.18. The van der Waals surface area contributed by atoms with Crippen molar-refractivity contribution >= 4 is 43.6 Å². The zero-order valence-electron chi connectivity index (χ0n) is 29.9. The number of aromatic nitrogens is 4. The van der Waals surface area contributed by atoms with Crippen molar-refractivity contribution in [3.63, 3.8) is 0 Å². The summed E-state index contributed by atoms with van der Waals surface area (Å²) in [6.45, 7) is 6.45. The molecular weight excluding hydrogens is 645 g/mol. The molecule has 0 aliphatic carbocycles. The van der Waals surface area contributed by atoms with E-state index in [0.717, 1.165) is 56.4 Å². The number of fused-ring (bicyclic) bond motifs is 6. The molecule has 0 saturated heterocycles. The van der Waals surface area contributed by atoms with Gasteiger partial charge in [-0.1, -0.05) is 109 Å². The maximum absolute atomic E-state index is 5.20. The van der Waals surface area contributed by atoms with E-state index in [0.29, 0.717) is 0 Å². The third-order valence-corrected chi connectivity index (χ3v) is 10.8. The minimum Gasteiger partial charge on any atom is -0.309 e. The van der Waals surface area contributed by atoms with Crippen LogP contribution >= 0.6 is 0 Å². The molecule has 0 aliphatic rings. The van der Waals surface area contributed by atoms with Gasteiger partial charge in [-0.3, -0.25) is 0 Å². The molecule has 4 nitrogen and oxygen atoms in total. The lowest BCUT2D eigenvalue weighted by Gasteiger charge is -2.15. The predicted molar refractivity (Wildman–Crippen MR) is 221 cm³/mol. The monoisotopic (exact) mass is 680 g/mol. The highest BCUT2D eigenvalue weighted by Crippen LogP contribution is 2.38. The van der Waals surface area contributed by atoms with Crippen LogP contribution in [0.15, 0.2) is 164 Å². The summed E-state index contributed by atoms with van der Waals surface area (Å²) >= 11 is 0. The number of aryl methyl sites for hydroxylation is 3. The summed E-state index contributed by atoms with van der Waals surface area (Å²) in [5.41, 5.74) is 15.6. The van der Waals surface area contributed by atoms with Crippen LogP contribution in [0.3, 0.4) is 0 Å². The first kappa shape index (κ1) is 31.0. The minimum atomic E-state index is 0.740. The van der Waals surface area contributed by atoms with E-state index < -0.39 is 0 Å². The average molecular weight is 681 g/mol. The van der Waals surface area contributed by atoms with Crippen LogP contribution in [0.25, 0.3) is 88.9 Å². The topological polar surface area (TPSA) is 35.6 Å². The molecule has 252 valence electrons. The van der Waals surface area contributed by atoms with Crippen molar-refractivity contribution in [2.75, 3.05) is 0 Å². The zero-order valence-corrected chi connectivity index (χ0v) is 29.9. The lowest BCUT2D eigenvalue weighted by Crippen LogP contribution is -2.00. The second-order valence-corrected chi connectivity index (χ2v) is 14.0. The van der Waals surface area contributed by atoms with Crippen molar-refractivity contribution in [1.82, 2.24) is 19.1 Å². The smallest absolute Gasteiger partial charge is 0.160 e. The van der Waals surface area contributed by atoms with Crippen LogP contribution in [0.5, 0.6) is 0 Å². The van der Waals surface area contributed by atoms with Crippen molar-refractivity contribution in [2.24, 2.45) is 0 Å². The molecule has 0 radical (unpaired) electrons. The van der Waals surface area contributed by atoms with Crippen molar-refractivity contribution in [2.45, 2.75) is 20.8 Å². The lowest BCUT2D eigenvalue weighted by atomic mass is 10.00. The first-order valence-corrected chi connectivity index (χ1v) is 18.2. The van der Waals surface area contributed by atoms with E-state index >= 15 is 0 Å². The Morgan fingerprint density at radius 2 is 0.774 bits per heavy atom. The standard InChI is InChI=1S/C49H36N4/c1-31-14-4-6-16-36(31)43-30-44(51-49(50-43)38-17-7-5-15-32(38)2)37-26-24-34(28-33(37)3)52-47-23-13-10-20-41(47)42-29-35(25-27-48(42)52)53-45-21-11-8-18-39(45)40-19-9-12-22-46(40)53/h4-30H,1-3H3. The number of para-hydroxylation sites is 3. The average Bonchev–Trinajstić information content (AvgIpc) is 3.71. The van der Waals surface area contributed by atoms with Crippen LogP contribution in [-0.4, -0.2) is 19.1 Å². The van der Waals surface area contributed by atoms with Gasteiger partial charge in [-0.2, -0.15) is 0 Å². The molecule has 3 aromatic heterocycles. The highest BCUT2D eigenvalue weighted by molar-refractivity contribution is 6.12. The van der Waals surface area contributed by atoms with E-state index in [4.69, 9.17) is 9.97 Å². The molecular formula is C49H36N4. The molecule has 10 aromatic rings.